The Bertz CT molecular complexity index is 549. The summed E-state index contributed by atoms with van der Waals surface area (Å²) >= 11 is 3.20. The van der Waals surface area contributed by atoms with E-state index >= 15 is 0 Å². The van der Waals surface area contributed by atoms with Gasteiger partial charge in [-0.05, 0) is 41.9 Å². The van der Waals surface area contributed by atoms with E-state index in [2.05, 4.69) is 20.7 Å². The molecule has 0 heterocycles. The van der Waals surface area contributed by atoms with Crippen molar-refractivity contribution in [3.63, 3.8) is 0 Å². The Morgan fingerprint density at radius 2 is 1.89 bits per heavy atom. The maximum Gasteiger partial charge on any atom is 0.312 e. The van der Waals surface area contributed by atoms with Gasteiger partial charge in [0.2, 0.25) is 0 Å². The first-order valence-electron chi connectivity index (χ1n) is 5.26. The fourth-order valence-corrected chi connectivity index (χ4v) is 4.48. The number of ether oxygens (including phenoxy) is 1. The number of carbonyl (C=O) groups is 1. The van der Waals surface area contributed by atoms with Crippen molar-refractivity contribution < 1.29 is 17.9 Å². The summed E-state index contributed by atoms with van der Waals surface area (Å²) in [5, 5.41) is 0. The van der Waals surface area contributed by atoms with E-state index in [9.17, 15) is 13.2 Å². The van der Waals surface area contributed by atoms with Crippen LogP contribution in [0.1, 0.15) is 13.8 Å². The molecule has 0 bridgehead atoms. The Hall–Kier alpha value is -0.880. The summed E-state index contributed by atoms with van der Waals surface area (Å²) in [4.78, 5) is 11.7. The van der Waals surface area contributed by atoms with Gasteiger partial charge in [0.05, 0.1) is 23.2 Å². The zero-order chi connectivity index (χ0) is 14.0. The molecule has 0 atom stereocenters. The molecule has 0 aromatic heterocycles. The zero-order valence-electron chi connectivity index (χ0n) is 10.4. The molecule has 0 aliphatic heterocycles. The monoisotopic (exact) mass is 334 g/mol. The van der Waals surface area contributed by atoms with E-state index in [1.807, 2.05) is 0 Å². The van der Waals surface area contributed by atoms with Crippen molar-refractivity contribution >= 4 is 31.7 Å². The number of benzene rings is 1. The number of carbonyl (C=O) groups excluding carboxylic acids is 1. The second-order valence-electron chi connectivity index (χ2n) is 4.56. The summed E-state index contributed by atoms with van der Waals surface area (Å²) in [6.07, 6.45) is 0. The Morgan fingerprint density at radius 1 is 1.33 bits per heavy atom. The van der Waals surface area contributed by atoms with Crippen LogP contribution in [0, 0.1) is 5.41 Å². The molecule has 0 fully saturated rings. The predicted molar refractivity (Wildman–Crippen MR) is 72.0 cm³/mol. The lowest BCUT2D eigenvalue weighted by atomic mass is 9.97. The largest absolute Gasteiger partial charge is 0.469 e. The van der Waals surface area contributed by atoms with Gasteiger partial charge in [-0.3, -0.25) is 4.79 Å². The minimum absolute atomic E-state index is 0.182. The Labute approximate surface area is 115 Å². The van der Waals surface area contributed by atoms with Gasteiger partial charge in [0.15, 0.2) is 9.84 Å². The van der Waals surface area contributed by atoms with Gasteiger partial charge in [0, 0.05) is 4.47 Å². The smallest absolute Gasteiger partial charge is 0.312 e. The van der Waals surface area contributed by atoms with Gasteiger partial charge >= 0.3 is 5.97 Å². The predicted octanol–water partition coefficient (Wildman–Crippen LogP) is 2.42. The fraction of sp³-hybridized carbons (Fsp3) is 0.417. The highest BCUT2D eigenvalue weighted by Crippen LogP contribution is 2.28. The van der Waals surface area contributed by atoms with Crippen LogP contribution in [0.3, 0.4) is 0 Å². The van der Waals surface area contributed by atoms with Crippen LogP contribution in [-0.2, 0) is 19.4 Å². The second kappa shape index (κ2) is 5.40. The lowest BCUT2D eigenvalue weighted by Gasteiger charge is -2.21. The van der Waals surface area contributed by atoms with Crippen LogP contribution in [0.2, 0.25) is 0 Å². The van der Waals surface area contributed by atoms with E-state index < -0.39 is 21.2 Å². The van der Waals surface area contributed by atoms with E-state index in [0.717, 1.165) is 0 Å². The molecule has 1 aromatic rings. The minimum atomic E-state index is -3.55. The van der Waals surface area contributed by atoms with Crippen LogP contribution < -0.4 is 0 Å². The summed E-state index contributed by atoms with van der Waals surface area (Å²) in [6.45, 7) is 3.10. The van der Waals surface area contributed by atoms with Crippen LogP contribution in [0.15, 0.2) is 33.6 Å². The number of methoxy groups -OCH3 is 1. The molecule has 0 saturated carbocycles. The molecule has 0 aliphatic carbocycles. The number of sulfone groups is 1. The minimum Gasteiger partial charge on any atom is -0.469 e. The van der Waals surface area contributed by atoms with Crippen molar-refractivity contribution in [3.05, 3.63) is 28.7 Å². The van der Waals surface area contributed by atoms with Gasteiger partial charge in [-0.1, -0.05) is 12.1 Å². The topological polar surface area (TPSA) is 60.4 Å². The number of halogens is 1. The molecule has 0 radical (unpaired) electrons. The number of rotatable bonds is 4. The van der Waals surface area contributed by atoms with E-state index in [1.165, 1.54) is 13.2 Å². The van der Waals surface area contributed by atoms with E-state index in [1.54, 1.807) is 32.0 Å². The van der Waals surface area contributed by atoms with Crippen molar-refractivity contribution in [1.29, 1.82) is 0 Å². The number of hydrogen-bond acceptors (Lipinski definition) is 4. The van der Waals surface area contributed by atoms with Crippen LogP contribution in [0.4, 0.5) is 0 Å². The second-order valence-corrected chi connectivity index (χ2v) is 7.38. The molecule has 100 valence electrons. The van der Waals surface area contributed by atoms with Crippen molar-refractivity contribution in [2.24, 2.45) is 5.41 Å². The molecule has 4 nitrogen and oxygen atoms in total. The number of esters is 1. The molecule has 18 heavy (non-hydrogen) atoms. The summed E-state index contributed by atoms with van der Waals surface area (Å²) in [5.74, 6) is -0.840. The lowest BCUT2D eigenvalue weighted by Crippen LogP contribution is -2.33. The van der Waals surface area contributed by atoms with E-state index in [0.29, 0.717) is 4.47 Å². The van der Waals surface area contributed by atoms with Crippen LogP contribution in [0.5, 0.6) is 0 Å². The van der Waals surface area contributed by atoms with Gasteiger partial charge in [-0.25, -0.2) is 8.42 Å². The SMILES string of the molecule is COC(=O)C(C)(C)CS(=O)(=O)c1ccccc1Br. The number of hydrogen-bond donors (Lipinski definition) is 0. The third-order valence-electron chi connectivity index (χ3n) is 2.46. The lowest BCUT2D eigenvalue weighted by molar-refractivity contribution is -0.149. The Morgan fingerprint density at radius 3 is 2.39 bits per heavy atom. The van der Waals surface area contributed by atoms with E-state index in [-0.39, 0.29) is 10.6 Å². The van der Waals surface area contributed by atoms with Crippen molar-refractivity contribution in [1.82, 2.24) is 0 Å². The maximum atomic E-state index is 12.3. The first kappa shape index (κ1) is 15.2. The summed E-state index contributed by atoms with van der Waals surface area (Å²) in [7, 11) is -2.31. The van der Waals surface area contributed by atoms with Gasteiger partial charge in [-0.15, -0.1) is 0 Å². The highest BCUT2D eigenvalue weighted by atomic mass is 79.9. The zero-order valence-corrected chi connectivity index (χ0v) is 12.8. The van der Waals surface area contributed by atoms with Gasteiger partial charge in [0.25, 0.3) is 0 Å². The standard InChI is InChI=1S/C12H15BrO4S/c1-12(2,11(14)17-3)8-18(15,16)10-7-5-4-6-9(10)13/h4-7H,8H2,1-3H3. The molecule has 0 spiro atoms. The normalized spacial score (nSPS) is 12.2. The van der Waals surface area contributed by atoms with Gasteiger partial charge < -0.3 is 4.74 Å². The Kier molecular flexibility index (Phi) is 4.55. The molecular formula is C12H15BrO4S. The highest BCUT2D eigenvalue weighted by molar-refractivity contribution is 9.10. The summed E-state index contributed by atoms with van der Waals surface area (Å²) in [6, 6.07) is 6.53. The molecule has 0 aliphatic rings. The quantitative estimate of drug-likeness (QED) is 0.793. The Balaban J connectivity index is 3.11. The first-order chi connectivity index (χ1) is 8.20. The fourth-order valence-electron chi connectivity index (χ4n) is 1.58. The molecule has 1 rings (SSSR count). The van der Waals surface area contributed by atoms with Gasteiger partial charge in [0.1, 0.15) is 0 Å². The molecule has 0 N–H and O–H groups in total. The average Bonchev–Trinajstić information content (AvgIpc) is 2.26. The molecule has 0 amide bonds. The first-order valence-corrected chi connectivity index (χ1v) is 7.71. The van der Waals surface area contributed by atoms with E-state index in [4.69, 9.17) is 0 Å². The van der Waals surface area contributed by atoms with Crippen LogP contribution >= 0.6 is 15.9 Å². The molecule has 0 unspecified atom stereocenters. The average molecular weight is 335 g/mol. The van der Waals surface area contributed by atoms with Crippen molar-refractivity contribution in [2.45, 2.75) is 18.7 Å². The summed E-state index contributed by atoms with van der Waals surface area (Å²) in [5.41, 5.74) is -1.08. The van der Waals surface area contributed by atoms with Gasteiger partial charge in [-0.2, -0.15) is 0 Å². The van der Waals surface area contributed by atoms with Crippen molar-refractivity contribution in [2.75, 3.05) is 12.9 Å². The molecule has 0 saturated heterocycles. The highest BCUT2D eigenvalue weighted by Gasteiger charge is 2.35. The third kappa shape index (κ3) is 3.32. The van der Waals surface area contributed by atoms with Crippen molar-refractivity contribution in [3.8, 4) is 0 Å². The molecular weight excluding hydrogens is 320 g/mol. The maximum absolute atomic E-state index is 12.3. The molecule has 6 heteroatoms. The molecule has 1 aromatic carbocycles. The third-order valence-corrected chi connectivity index (χ3v) is 5.54. The summed E-state index contributed by atoms with van der Waals surface area (Å²) < 4.78 is 29.6. The van der Waals surface area contributed by atoms with Crippen LogP contribution in [0.25, 0.3) is 0 Å². The van der Waals surface area contributed by atoms with Crippen LogP contribution in [-0.4, -0.2) is 27.2 Å².